The van der Waals surface area contributed by atoms with E-state index in [1.807, 2.05) is 44.2 Å². The third kappa shape index (κ3) is 4.18. The molecule has 1 N–H and O–H groups in total. The SMILES string of the molecule is CC(C)(NC(=O)c1ccc(OCC2CC2)cc1)c1ccc2c(c1)OCCO2. The molecule has 2 aliphatic rings. The van der Waals surface area contributed by atoms with Crippen LogP contribution in [0.2, 0.25) is 0 Å². The predicted molar refractivity (Wildman–Crippen MR) is 103 cm³/mol. The normalized spacial score (nSPS) is 15.9. The molecule has 0 spiro atoms. The van der Waals surface area contributed by atoms with Gasteiger partial charge in [0, 0.05) is 5.56 Å². The fraction of sp³-hybridized carbons (Fsp3) is 0.409. The second-order valence-electron chi connectivity index (χ2n) is 7.72. The van der Waals surface area contributed by atoms with Crippen molar-refractivity contribution in [2.24, 2.45) is 5.92 Å². The molecule has 0 atom stereocenters. The van der Waals surface area contributed by atoms with E-state index in [1.165, 1.54) is 12.8 Å². The van der Waals surface area contributed by atoms with Crippen LogP contribution in [0, 0.1) is 5.92 Å². The topological polar surface area (TPSA) is 56.8 Å². The summed E-state index contributed by atoms with van der Waals surface area (Å²) in [5, 5.41) is 3.10. The van der Waals surface area contributed by atoms with Gasteiger partial charge in [-0.05, 0) is 74.6 Å². The maximum Gasteiger partial charge on any atom is 0.251 e. The zero-order chi connectivity index (χ0) is 18.9. The minimum absolute atomic E-state index is 0.122. The molecule has 5 heteroatoms. The summed E-state index contributed by atoms with van der Waals surface area (Å²) in [7, 11) is 0. The van der Waals surface area contributed by atoms with E-state index in [0.29, 0.717) is 24.7 Å². The van der Waals surface area contributed by atoms with Gasteiger partial charge in [-0.2, -0.15) is 0 Å². The quantitative estimate of drug-likeness (QED) is 0.841. The summed E-state index contributed by atoms with van der Waals surface area (Å²) in [6, 6.07) is 13.1. The summed E-state index contributed by atoms with van der Waals surface area (Å²) >= 11 is 0. The van der Waals surface area contributed by atoms with Crippen LogP contribution in [0.4, 0.5) is 0 Å². The van der Waals surface area contributed by atoms with Crippen molar-refractivity contribution in [3.63, 3.8) is 0 Å². The van der Waals surface area contributed by atoms with Crippen molar-refractivity contribution in [1.29, 1.82) is 0 Å². The molecule has 142 valence electrons. The molecule has 2 aromatic carbocycles. The zero-order valence-corrected chi connectivity index (χ0v) is 15.8. The number of carbonyl (C=O) groups excluding carboxylic acids is 1. The molecular weight excluding hydrogens is 342 g/mol. The van der Waals surface area contributed by atoms with Crippen LogP contribution < -0.4 is 19.5 Å². The van der Waals surface area contributed by atoms with Crippen LogP contribution in [0.5, 0.6) is 17.2 Å². The third-order valence-corrected chi connectivity index (χ3v) is 4.99. The summed E-state index contributed by atoms with van der Waals surface area (Å²) in [5.74, 6) is 2.86. The van der Waals surface area contributed by atoms with Crippen LogP contribution in [0.25, 0.3) is 0 Å². The Bertz CT molecular complexity index is 825. The molecule has 0 bridgehead atoms. The standard InChI is InChI=1S/C22H25NO4/c1-22(2,17-7-10-19-20(13-17)26-12-11-25-19)23-21(24)16-5-8-18(9-6-16)27-14-15-3-4-15/h5-10,13,15H,3-4,11-12,14H2,1-2H3,(H,23,24). The highest BCUT2D eigenvalue weighted by Crippen LogP contribution is 2.34. The number of ether oxygens (including phenoxy) is 3. The number of carbonyl (C=O) groups is 1. The first-order valence-corrected chi connectivity index (χ1v) is 9.47. The summed E-state index contributed by atoms with van der Waals surface area (Å²) < 4.78 is 17.0. The van der Waals surface area contributed by atoms with Gasteiger partial charge in [-0.25, -0.2) is 0 Å². The van der Waals surface area contributed by atoms with E-state index in [2.05, 4.69) is 5.32 Å². The van der Waals surface area contributed by atoms with Crippen LogP contribution in [-0.2, 0) is 5.54 Å². The lowest BCUT2D eigenvalue weighted by Crippen LogP contribution is -2.41. The predicted octanol–water partition coefficient (Wildman–Crippen LogP) is 3.91. The van der Waals surface area contributed by atoms with E-state index in [0.717, 1.165) is 29.4 Å². The largest absolute Gasteiger partial charge is 0.493 e. The summed E-state index contributed by atoms with van der Waals surface area (Å²) in [5.41, 5.74) is 1.03. The second-order valence-corrected chi connectivity index (χ2v) is 7.72. The Kier molecular flexibility index (Phi) is 4.68. The van der Waals surface area contributed by atoms with Crippen molar-refractivity contribution in [3.05, 3.63) is 53.6 Å². The Morgan fingerprint density at radius 1 is 1.07 bits per heavy atom. The molecule has 0 aromatic heterocycles. The van der Waals surface area contributed by atoms with Crippen LogP contribution in [0.1, 0.15) is 42.6 Å². The molecule has 4 rings (SSSR count). The van der Waals surface area contributed by atoms with Crippen LogP contribution in [-0.4, -0.2) is 25.7 Å². The lowest BCUT2D eigenvalue weighted by Gasteiger charge is -2.28. The fourth-order valence-electron chi connectivity index (χ4n) is 3.06. The first kappa shape index (κ1) is 17.7. The molecular formula is C22H25NO4. The minimum atomic E-state index is -0.548. The van der Waals surface area contributed by atoms with Gasteiger partial charge in [0.05, 0.1) is 12.1 Å². The van der Waals surface area contributed by atoms with Gasteiger partial charge < -0.3 is 19.5 Å². The number of nitrogens with one attached hydrogen (secondary N) is 1. The second kappa shape index (κ2) is 7.14. The molecule has 1 heterocycles. The first-order chi connectivity index (χ1) is 13.0. The van der Waals surface area contributed by atoms with Gasteiger partial charge in [-0.3, -0.25) is 4.79 Å². The average Bonchev–Trinajstić information content (AvgIpc) is 3.50. The molecule has 1 saturated carbocycles. The molecule has 1 fully saturated rings. The van der Waals surface area contributed by atoms with Gasteiger partial charge in [0.25, 0.3) is 5.91 Å². The highest BCUT2D eigenvalue weighted by molar-refractivity contribution is 5.94. The number of hydrogen-bond acceptors (Lipinski definition) is 4. The van der Waals surface area contributed by atoms with Gasteiger partial charge >= 0.3 is 0 Å². The van der Waals surface area contributed by atoms with Crippen LogP contribution in [0.3, 0.4) is 0 Å². The van der Waals surface area contributed by atoms with Gasteiger partial charge in [0.2, 0.25) is 0 Å². The number of amides is 1. The maximum absolute atomic E-state index is 12.7. The fourth-order valence-corrected chi connectivity index (χ4v) is 3.06. The van der Waals surface area contributed by atoms with E-state index < -0.39 is 5.54 Å². The Balaban J connectivity index is 1.42. The summed E-state index contributed by atoms with van der Waals surface area (Å²) in [6.07, 6.45) is 2.52. The maximum atomic E-state index is 12.7. The highest BCUT2D eigenvalue weighted by atomic mass is 16.6. The van der Waals surface area contributed by atoms with Gasteiger partial charge in [-0.1, -0.05) is 6.07 Å². The Labute approximate surface area is 159 Å². The van der Waals surface area contributed by atoms with Crippen molar-refractivity contribution in [2.45, 2.75) is 32.2 Å². The molecule has 0 saturated heterocycles. The molecule has 1 amide bonds. The molecule has 2 aromatic rings. The first-order valence-electron chi connectivity index (χ1n) is 9.47. The van der Waals surface area contributed by atoms with E-state index in [4.69, 9.17) is 14.2 Å². The van der Waals surface area contributed by atoms with Crippen molar-refractivity contribution in [1.82, 2.24) is 5.32 Å². The molecule has 1 aliphatic carbocycles. The van der Waals surface area contributed by atoms with E-state index >= 15 is 0 Å². The Morgan fingerprint density at radius 2 is 1.78 bits per heavy atom. The smallest absolute Gasteiger partial charge is 0.251 e. The average molecular weight is 367 g/mol. The number of benzene rings is 2. The molecule has 1 aliphatic heterocycles. The Morgan fingerprint density at radius 3 is 2.48 bits per heavy atom. The number of rotatable bonds is 6. The lowest BCUT2D eigenvalue weighted by atomic mass is 9.93. The van der Waals surface area contributed by atoms with Crippen molar-refractivity contribution >= 4 is 5.91 Å². The van der Waals surface area contributed by atoms with Crippen molar-refractivity contribution in [2.75, 3.05) is 19.8 Å². The molecule has 0 unspecified atom stereocenters. The highest BCUT2D eigenvalue weighted by Gasteiger charge is 2.26. The third-order valence-electron chi connectivity index (χ3n) is 4.99. The van der Waals surface area contributed by atoms with Crippen molar-refractivity contribution < 1.29 is 19.0 Å². The van der Waals surface area contributed by atoms with Gasteiger partial charge in [-0.15, -0.1) is 0 Å². The minimum Gasteiger partial charge on any atom is -0.493 e. The van der Waals surface area contributed by atoms with Gasteiger partial charge in [0.15, 0.2) is 11.5 Å². The van der Waals surface area contributed by atoms with E-state index in [1.54, 1.807) is 12.1 Å². The van der Waals surface area contributed by atoms with Crippen LogP contribution in [0.15, 0.2) is 42.5 Å². The van der Waals surface area contributed by atoms with Crippen molar-refractivity contribution in [3.8, 4) is 17.2 Å². The molecule has 0 radical (unpaired) electrons. The summed E-state index contributed by atoms with van der Waals surface area (Å²) in [6.45, 7) is 5.82. The van der Waals surface area contributed by atoms with Crippen LogP contribution >= 0.6 is 0 Å². The lowest BCUT2D eigenvalue weighted by molar-refractivity contribution is 0.0911. The van der Waals surface area contributed by atoms with Gasteiger partial charge in [0.1, 0.15) is 19.0 Å². The number of fused-ring (bicyclic) bond motifs is 1. The monoisotopic (exact) mass is 367 g/mol. The summed E-state index contributed by atoms with van der Waals surface area (Å²) in [4.78, 5) is 12.7. The molecule has 5 nitrogen and oxygen atoms in total. The van der Waals surface area contributed by atoms with E-state index in [-0.39, 0.29) is 5.91 Å². The zero-order valence-electron chi connectivity index (χ0n) is 15.8. The Hall–Kier alpha value is -2.69. The van der Waals surface area contributed by atoms with E-state index in [9.17, 15) is 4.79 Å². The number of hydrogen-bond donors (Lipinski definition) is 1. The molecule has 27 heavy (non-hydrogen) atoms.